The van der Waals surface area contributed by atoms with Crippen LogP contribution in [0.5, 0.6) is 0 Å². The summed E-state index contributed by atoms with van der Waals surface area (Å²) >= 11 is 6.32. The molecule has 0 bridgehead atoms. The Balaban J connectivity index is 2.20. The number of aromatic nitrogens is 1. The van der Waals surface area contributed by atoms with Crippen LogP contribution in [0, 0.1) is 0 Å². The van der Waals surface area contributed by atoms with E-state index in [0.717, 1.165) is 6.54 Å². The zero-order chi connectivity index (χ0) is 30.1. The number of anilines is 1. The van der Waals surface area contributed by atoms with E-state index in [1.54, 1.807) is 30.5 Å². The smallest absolute Gasteiger partial charge is 0.441 e. The molecule has 0 saturated carbocycles. The van der Waals surface area contributed by atoms with Crippen LogP contribution in [-0.4, -0.2) is 89.9 Å². The second kappa shape index (κ2) is 15.2. The van der Waals surface area contributed by atoms with Gasteiger partial charge in [-0.2, -0.15) is 4.44 Å². The molecule has 1 unspecified atom stereocenters. The van der Waals surface area contributed by atoms with Crippen molar-refractivity contribution in [2.75, 3.05) is 37.7 Å². The van der Waals surface area contributed by atoms with Gasteiger partial charge >= 0.3 is 21.6 Å². The van der Waals surface area contributed by atoms with Crippen molar-refractivity contribution in [1.82, 2.24) is 14.3 Å². The molecule has 0 aliphatic heterocycles. The molecule has 17 heteroatoms. The Bertz CT molecular complexity index is 1240. The number of hydrogen-bond acceptors (Lipinski definition) is 8. The fourth-order valence-electron chi connectivity index (χ4n) is 4.15. The molecule has 0 radical (unpaired) electrons. The van der Waals surface area contributed by atoms with Gasteiger partial charge in [-0.25, -0.2) is 13.9 Å². The maximum atomic E-state index is 13.3. The molecule has 5 N–H and O–H groups in total. The van der Waals surface area contributed by atoms with Gasteiger partial charge in [-0.15, -0.1) is 0 Å². The van der Waals surface area contributed by atoms with E-state index in [4.69, 9.17) is 35.9 Å². The highest BCUT2D eigenvalue weighted by Crippen LogP contribution is 2.58. The molecular formula is C23H35ClN4O10P2. The lowest BCUT2D eigenvalue weighted by Gasteiger charge is -2.30. The average Bonchev–Trinajstić information content (AvgIpc) is 2.84. The van der Waals surface area contributed by atoms with Gasteiger partial charge < -0.3 is 34.3 Å². The molecule has 2 amide bonds. The number of rotatable bonds is 15. The molecule has 0 saturated heterocycles. The lowest BCUT2D eigenvalue weighted by Crippen LogP contribution is -2.40. The fourth-order valence-corrected chi connectivity index (χ4v) is 6.35. The first kappa shape index (κ1) is 34.1. The van der Waals surface area contributed by atoms with Crippen LogP contribution < -0.4 is 4.90 Å². The highest BCUT2D eigenvalue weighted by Gasteiger charge is 2.43. The number of fused-ring (bicyclic) bond motifs is 1. The van der Waals surface area contributed by atoms with Crippen molar-refractivity contribution in [2.45, 2.75) is 45.6 Å². The third-order valence-electron chi connectivity index (χ3n) is 6.00. The van der Waals surface area contributed by atoms with Crippen LogP contribution in [0.2, 0.25) is 5.02 Å². The molecule has 14 nitrogen and oxygen atoms in total. The van der Waals surface area contributed by atoms with Gasteiger partial charge in [0.05, 0.1) is 24.4 Å². The van der Waals surface area contributed by atoms with Crippen molar-refractivity contribution in [3.05, 3.63) is 35.5 Å². The second-order valence-electron chi connectivity index (χ2n) is 8.94. The Hall–Kier alpha value is -2.12. The third kappa shape index (κ3) is 9.76. The first-order valence-electron chi connectivity index (χ1n) is 12.5. The minimum atomic E-state index is -5.57. The van der Waals surface area contributed by atoms with Gasteiger partial charge in [-0.05, 0) is 63.5 Å². The number of likely N-dealkylation sites (N-methyl/N-ethyl adjacent to an activating group) is 1. The monoisotopic (exact) mass is 624 g/mol. The van der Waals surface area contributed by atoms with Gasteiger partial charge in [0.1, 0.15) is 0 Å². The number of pyridine rings is 1. The Morgan fingerprint density at radius 1 is 1.10 bits per heavy atom. The number of ether oxygens (including phenoxy) is 1. The van der Waals surface area contributed by atoms with Crippen LogP contribution in [-0.2, 0) is 18.7 Å². The maximum Gasteiger partial charge on any atom is 0.441 e. The molecule has 1 atom stereocenters. The van der Waals surface area contributed by atoms with Crippen LogP contribution >= 0.6 is 27.1 Å². The first-order valence-corrected chi connectivity index (χ1v) is 16.0. The van der Waals surface area contributed by atoms with Crippen LogP contribution in [0.1, 0.15) is 39.5 Å². The third-order valence-corrected chi connectivity index (χ3v) is 9.05. The molecule has 2 rings (SSSR count). The Labute approximate surface area is 236 Å². The number of hydrogen-bond donors (Lipinski definition) is 5. The number of benzene rings is 1. The van der Waals surface area contributed by atoms with Gasteiger partial charge in [-0.1, -0.05) is 18.5 Å². The van der Waals surface area contributed by atoms with Crippen molar-refractivity contribution in [3.63, 3.8) is 0 Å². The molecule has 1 heterocycles. The predicted octanol–water partition coefficient (Wildman–Crippen LogP) is 3.11. The number of halogens is 1. The summed E-state index contributed by atoms with van der Waals surface area (Å²) in [6.07, 6.45) is 1.12. The van der Waals surface area contributed by atoms with E-state index < -0.39 is 38.4 Å². The van der Waals surface area contributed by atoms with Gasteiger partial charge in [0, 0.05) is 35.6 Å². The Kier molecular flexibility index (Phi) is 13.0. The van der Waals surface area contributed by atoms with Crippen LogP contribution in [0.25, 0.3) is 10.9 Å². The van der Waals surface area contributed by atoms with Crippen molar-refractivity contribution in [2.24, 2.45) is 0 Å². The van der Waals surface area contributed by atoms with E-state index >= 15 is 0 Å². The zero-order valence-electron chi connectivity index (χ0n) is 22.2. The summed E-state index contributed by atoms with van der Waals surface area (Å²) in [5.41, 5.74) is 0.997. The maximum absolute atomic E-state index is 13.3. The van der Waals surface area contributed by atoms with E-state index in [0.29, 0.717) is 47.5 Å². The van der Waals surface area contributed by atoms with Gasteiger partial charge in [-0.3, -0.25) is 14.7 Å². The standard InChI is InChI=1S/C23H35ClN4O10P2/c1-3-26(12-13-29)11-5-7-17(2)27(21-16-18(24)15-20-19(21)8-4-10-25-20)23(31)38-14-6-9-22(30)28(39(32,33)34)40(35,36)37/h4,8,10,15-17,29H,3,5-7,9,11-14H2,1-2H3,(H2,32,33,34)(H2,35,36,37). The van der Waals surface area contributed by atoms with Crippen LogP contribution in [0.15, 0.2) is 30.5 Å². The molecule has 1 aromatic carbocycles. The second-order valence-corrected chi connectivity index (χ2v) is 12.5. The predicted molar refractivity (Wildman–Crippen MR) is 149 cm³/mol. The number of carbonyl (C=O) groups excluding carboxylic acids is 2. The highest BCUT2D eigenvalue weighted by molar-refractivity contribution is 7.66. The largest absolute Gasteiger partial charge is 0.449 e. The quantitative estimate of drug-likeness (QED) is 0.143. The Morgan fingerprint density at radius 2 is 1.77 bits per heavy atom. The van der Waals surface area contributed by atoms with Gasteiger partial charge in [0.2, 0.25) is 5.91 Å². The van der Waals surface area contributed by atoms with Gasteiger partial charge in [0.15, 0.2) is 0 Å². The number of aliphatic hydroxyl groups is 1. The van der Waals surface area contributed by atoms with Crippen molar-refractivity contribution < 1.29 is 48.1 Å². The van der Waals surface area contributed by atoms with Crippen molar-refractivity contribution in [3.8, 4) is 0 Å². The summed E-state index contributed by atoms with van der Waals surface area (Å²) in [6, 6.07) is 6.36. The number of carbonyl (C=O) groups is 2. The van der Waals surface area contributed by atoms with E-state index in [1.807, 2.05) is 13.8 Å². The summed E-state index contributed by atoms with van der Waals surface area (Å²) in [5, 5.41) is 10.2. The normalized spacial score (nSPS) is 12.9. The average molecular weight is 625 g/mol. The number of amides is 2. The molecule has 1 aromatic heterocycles. The first-order chi connectivity index (χ1) is 18.7. The molecule has 0 spiro atoms. The topological polar surface area (TPSA) is 201 Å². The number of nitrogens with zero attached hydrogens (tertiary/aromatic N) is 4. The minimum Gasteiger partial charge on any atom is -0.449 e. The molecule has 224 valence electrons. The van der Waals surface area contributed by atoms with E-state index in [2.05, 4.69) is 9.88 Å². The lowest BCUT2D eigenvalue weighted by atomic mass is 10.1. The molecular weight excluding hydrogens is 590 g/mol. The molecule has 0 fully saturated rings. The summed E-state index contributed by atoms with van der Waals surface area (Å²) in [7, 11) is -11.1. The van der Waals surface area contributed by atoms with Gasteiger partial charge in [0.25, 0.3) is 0 Å². The summed E-state index contributed by atoms with van der Waals surface area (Å²) in [4.78, 5) is 69.9. The molecule has 0 aliphatic rings. The van der Waals surface area contributed by atoms with Crippen LogP contribution in [0.3, 0.4) is 0 Å². The van der Waals surface area contributed by atoms with E-state index in [9.17, 15) is 23.8 Å². The summed E-state index contributed by atoms with van der Waals surface area (Å²) < 4.78 is 27.4. The minimum absolute atomic E-state index is 0.0337. The van der Waals surface area contributed by atoms with E-state index in [-0.39, 0.29) is 25.7 Å². The van der Waals surface area contributed by atoms with Crippen molar-refractivity contribution >= 4 is 55.7 Å². The highest BCUT2D eigenvalue weighted by atomic mass is 35.5. The molecule has 0 aliphatic carbocycles. The van der Waals surface area contributed by atoms with Crippen molar-refractivity contribution in [1.29, 1.82) is 0 Å². The Morgan fingerprint density at radius 3 is 2.38 bits per heavy atom. The summed E-state index contributed by atoms with van der Waals surface area (Å²) in [5.74, 6) is -1.49. The number of aliphatic hydroxyl groups excluding tert-OH is 1. The van der Waals surface area contributed by atoms with Crippen LogP contribution in [0.4, 0.5) is 10.5 Å². The fraction of sp³-hybridized carbons (Fsp3) is 0.522. The van der Waals surface area contributed by atoms with E-state index in [1.165, 1.54) is 4.90 Å². The molecule has 2 aromatic rings. The molecule has 40 heavy (non-hydrogen) atoms. The summed E-state index contributed by atoms with van der Waals surface area (Å²) in [6.45, 7) is 5.45. The SMILES string of the molecule is CCN(CCO)CCCC(C)N(C(=O)OCCCC(=O)N(P(=O)(O)O)P(=O)(O)O)c1cc(Cl)cc2ncccc12. The zero-order valence-corrected chi connectivity index (χ0v) is 24.7. The lowest BCUT2D eigenvalue weighted by molar-refractivity contribution is -0.124.